The lowest BCUT2D eigenvalue weighted by Gasteiger charge is -2.18. The van der Waals surface area contributed by atoms with Crippen LogP contribution in [0.4, 0.5) is 0 Å². The van der Waals surface area contributed by atoms with Crippen LogP contribution in [0.2, 0.25) is 5.02 Å². The van der Waals surface area contributed by atoms with Gasteiger partial charge in [-0.3, -0.25) is 0 Å². The van der Waals surface area contributed by atoms with Crippen LogP contribution in [0.5, 0.6) is 0 Å². The SMILES string of the molecule is Cc1ccc([S+]([O-])C(CCCCCc2ccc(Cl)cc2)C(=O)O)cc1. The summed E-state index contributed by atoms with van der Waals surface area (Å²) in [4.78, 5) is 12.1. The van der Waals surface area contributed by atoms with Crippen molar-refractivity contribution >= 4 is 28.7 Å². The Bertz CT molecular complexity index is 670. The van der Waals surface area contributed by atoms with E-state index >= 15 is 0 Å². The lowest BCUT2D eigenvalue weighted by atomic mass is 10.1. The molecular weight excluding hydrogens is 356 g/mol. The summed E-state index contributed by atoms with van der Waals surface area (Å²) in [5.41, 5.74) is 2.29. The number of aryl methyl sites for hydroxylation is 2. The normalized spacial score (nSPS) is 13.4. The molecule has 0 bridgehead atoms. The highest BCUT2D eigenvalue weighted by Gasteiger charge is 2.31. The molecular formula is C20H23ClO3S. The Morgan fingerprint density at radius 2 is 1.72 bits per heavy atom. The molecule has 3 nitrogen and oxygen atoms in total. The summed E-state index contributed by atoms with van der Waals surface area (Å²) in [6, 6.07) is 15.0. The lowest BCUT2D eigenvalue weighted by molar-refractivity contribution is -0.136. The van der Waals surface area contributed by atoms with E-state index in [1.54, 1.807) is 12.1 Å². The van der Waals surface area contributed by atoms with Gasteiger partial charge in [0.05, 0.1) is 0 Å². The first-order valence-electron chi connectivity index (χ1n) is 8.42. The number of aliphatic carboxylic acids is 1. The molecule has 134 valence electrons. The number of rotatable bonds is 9. The molecule has 0 aliphatic rings. The predicted octanol–water partition coefficient (Wildman–Crippen LogP) is 5.01. The van der Waals surface area contributed by atoms with E-state index < -0.39 is 22.4 Å². The number of carboxylic acid groups (broad SMARTS) is 1. The highest BCUT2D eigenvalue weighted by Crippen LogP contribution is 2.22. The van der Waals surface area contributed by atoms with Gasteiger partial charge in [-0.05, 0) is 67.2 Å². The summed E-state index contributed by atoms with van der Waals surface area (Å²) in [6.45, 7) is 1.95. The molecule has 0 spiro atoms. The summed E-state index contributed by atoms with van der Waals surface area (Å²) in [5, 5.41) is 9.29. The molecule has 0 aromatic heterocycles. The standard InChI is InChI=1S/C20H23ClO3S/c1-15-7-13-18(14-8-15)25(24)19(20(22)23)6-4-2-3-5-16-9-11-17(21)12-10-16/h7-14,19H,2-6H2,1H3,(H,22,23). The first-order chi connectivity index (χ1) is 12.0. The quantitative estimate of drug-likeness (QED) is 0.492. The van der Waals surface area contributed by atoms with Gasteiger partial charge in [0.1, 0.15) is 0 Å². The van der Waals surface area contributed by atoms with Crippen molar-refractivity contribution in [3.05, 3.63) is 64.7 Å². The second-order valence-corrected chi connectivity index (χ2v) is 8.23. The van der Waals surface area contributed by atoms with Gasteiger partial charge in [0, 0.05) is 11.4 Å². The zero-order valence-electron chi connectivity index (χ0n) is 14.3. The van der Waals surface area contributed by atoms with Crippen molar-refractivity contribution in [3.8, 4) is 0 Å². The molecule has 0 saturated carbocycles. The third kappa shape index (κ3) is 6.38. The molecule has 0 radical (unpaired) electrons. The van der Waals surface area contributed by atoms with Crippen molar-refractivity contribution in [2.45, 2.75) is 49.2 Å². The third-order valence-corrected chi connectivity index (χ3v) is 6.08. The molecule has 0 aliphatic heterocycles. The van der Waals surface area contributed by atoms with Crippen LogP contribution in [0.3, 0.4) is 0 Å². The zero-order valence-corrected chi connectivity index (χ0v) is 15.9. The molecule has 2 atom stereocenters. The van der Waals surface area contributed by atoms with Gasteiger partial charge in [-0.1, -0.05) is 47.9 Å². The van der Waals surface area contributed by atoms with E-state index in [0.29, 0.717) is 11.3 Å². The highest BCUT2D eigenvalue weighted by atomic mass is 35.5. The van der Waals surface area contributed by atoms with Crippen molar-refractivity contribution in [2.24, 2.45) is 0 Å². The summed E-state index contributed by atoms with van der Waals surface area (Å²) in [6.07, 6.45) is 4.01. The second-order valence-electron chi connectivity index (χ2n) is 6.16. The van der Waals surface area contributed by atoms with Gasteiger partial charge < -0.3 is 9.66 Å². The molecule has 25 heavy (non-hydrogen) atoms. The van der Waals surface area contributed by atoms with E-state index in [0.717, 1.165) is 36.3 Å². The van der Waals surface area contributed by atoms with Crippen LogP contribution in [-0.4, -0.2) is 20.9 Å². The Labute approximate surface area is 157 Å². The number of hydrogen-bond donors (Lipinski definition) is 1. The van der Waals surface area contributed by atoms with Gasteiger partial charge in [-0.15, -0.1) is 0 Å². The Morgan fingerprint density at radius 1 is 1.08 bits per heavy atom. The molecule has 2 rings (SSSR count). The zero-order chi connectivity index (χ0) is 18.2. The van der Waals surface area contributed by atoms with Crippen LogP contribution >= 0.6 is 11.6 Å². The van der Waals surface area contributed by atoms with Gasteiger partial charge in [-0.25, -0.2) is 4.79 Å². The second kappa shape index (κ2) is 9.85. The molecule has 1 N–H and O–H groups in total. The Balaban J connectivity index is 1.80. The number of benzene rings is 2. The minimum Gasteiger partial charge on any atom is -0.611 e. The summed E-state index contributed by atoms with van der Waals surface area (Å²) >= 11 is 4.35. The van der Waals surface area contributed by atoms with Crippen LogP contribution in [0.1, 0.15) is 36.8 Å². The maximum Gasteiger partial charge on any atom is 0.357 e. The Hall–Kier alpha value is -1.49. The van der Waals surface area contributed by atoms with Gasteiger partial charge >= 0.3 is 5.97 Å². The lowest BCUT2D eigenvalue weighted by Crippen LogP contribution is -2.30. The fourth-order valence-corrected chi connectivity index (χ4v) is 4.07. The van der Waals surface area contributed by atoms with E-state index in [-0.39, 0.29) is 0 Å². The number of halogens is 1. The monoisotopic (exact) mass is 378 g/mol. The van der Waals surface area contributed by atoms with E-state index in [1.165, 1.54) is 5.56 Å². The maximum absolute atomic E-state index is 12.5. The minimum atomic E-state index is -1.52. The minimum absolute atomic E-state index is 0.427. The third-order valence-electron chi connectivity index (χ3n) is 4.13. The summed E-state index contributed by atoms with van der Waals surface area (Å²) in [5.74, 6) is -0.989. The van der Waals surface area contributed by atoms with E-state index in [2.05, 4.69) is 0 Å². The Morgan fingerprint density at radius 3 is 2.32 bits per heavy atom. The van der Waals surface area contributed by atoms with Crippen LogP contribution in [0.15, 0.2) is 53.4 Å². The van der Waals surface area contributed by atoms with Gasteiger partial charge in [0.25, 0.3) is 0 Å². The average molecular weight is 379 g/mol. The van der Waals surface area contributed by atoms with Crippen molar-refractivity contribution in [1.82, 2.24) is 0 Å². The van der Waals surface area contributed by atoms with Crippen molar-refractivity contribution < 1.29 is 14.5 Å². The first-order valence-corrected chi connectivity index (χ1v) is 10.0. The topological polar surface area (TPSA) is 60.4 Å². The molecule has 0 saturated heterocycles. The number of unbranched alkanes of at least 4 members (excludes halogenated alkanes) is 2. The van der Waals surface area contributed by atoms with Crippen LogP contribution in [-0.2, 0) is 22.4 Å². The van der Waals surface area contributed by atoms with Gasteiger partial charge in [0.2, 0.25) is 5.25 Å². The van der Waals surface area contributed by atoms with Crippen molar-refractivity contribution in [2.75, 3.05) is 0 Å². The molecule has 2 aromatic carbocycles. The maximum atomic E-state index is 12.5. The summed E-state index contributed by atoms with van der Waals surface area (Å²) in [7, 11) is 0. The molecule has 0 fully saturated rings. The molecule has 5 heteroatoms. The number of hydrogen-bond acceptors (Lipinski definition) is 2. The first kappa shape index (κ1) is 19.8. The Kier molecular flexibility index (Phi) is 7.82. The van der Waals surface area contributed by atoms with Gasteiger partial charge in [-0.2, -0.15) is 0 Å². The largest absolute Gasteiger partial charge is 0.611 e. The van der Waals surface area contributed by atoms with Crippen LogP contribution < -0.4 is 0 Å². The highest BCUT2D eigenvalue weighted by molar-refractivity contribution is 7.92. The molecule has 0 heterocycles. The average Bonchev–Trinajstić information content (AvgIpc) is 2.59. The fourth-order valence-electron chi connectivity index (χ4n) is 2.65. The van der Waals surface area contributed by atoms with Gasteiger partial charge in [0.15, 0.2) is 4.90 Å². The van der Waals surface area contributed by atoms with Crippen molar-refractivity contribution in [1.29, 1.82) is 0 Å². The molecule has 0 aliphatic carbocycles. The van der Waals surface area contributed by atoms with E-state index in [9.17, 15) is 14.5 Å². The smallest absolute Gasteiger partial charge is 0.357 e. The van der Waals surface area contributed by atoms with Crippen LogP contribution in [0, 0.1) is 6.92 Å². The predicted molar refractivity (Wildman–Crippen MR) is 103 cm³/mol. The summed E-state index contributed by atoms with van der Waals surface area (Å²) < 4.78 is 12.5. The van der Waals surface area contributed by atoms with E-state index in [4.69, 9.17) is 11.6 Å². The molecule has 2 unspecified atom stereocenters. The van der Waals surface area contributed by atoms with Crippen molar-refractivity contribution in [3.63, 3.8) is 0 Å². The number of carboxylic acids is 1. The molecule has 2 aromatic rings. The van der Waals surface area contributed by atoms with Crippen LogP contribution in [0.25, 0.3) is 0 Å². The number of carbonyl (C=O) groups is 1. The molecule has 0 amide bonds. The van der Waals surface area contributed by atoms with E-state index in [1.807, 2.05) is 43.3 Å². The fraction of sp³-hybridized carbons (Fsp3) is 0.350.